The third-order valence-corrected chi connectivity index (χ3v) is 3.91. The van der Waals surface area contributed by atoms with Gasteiger partial charge in [0.05, 0.1) is 12.6 Å². The summed E-state index contributed by atoms with van der Waals surface area (Å²) in [5, 5.41) is 4.63. The number of carbonyl (C=O) groups excluding carboxylic acids is 3. The Balaban J connectivity index is 1.78. The van der Waals surface area contributed by atoms with E-state index in [2.05, 4.69) is 15.4 Å². The quantitative estimate of drug-likeness (QED) is 0.841. The van der Waals surface area contributed by atoms with E-state index < -0.39 is 41.4 Å². The summed E-state index contributed by atoms with van der Waals surface area (Å²) in [7, 11) is 0. The fourth-order valence-electron chi connectivity index (χ4n) is 2.58. The topological polar surface area (TPSA) is 87.7 Å². The van der Waals surface area contributed by atoms with Crippen LogP contribution in [-0.2, 0) is 9.53 Å². The van der Waals surface area contributed by atoms with Gasteiger partial charge in [-0.05, 0) is 17.7 Å². The summed E-state index contributed by atoms with van der Waals surface area (Å²) in [4.78, 5) is 36.6. The van der Waals surface area contributed by atoms with Gasteiger partial charge >= 0.3 is 12.1 Å². The van der Waals surface area contributed by atoms with E-state index in [4.69, 9.17) is 0 Å². The molecular formula is C18H15F2N3O4. The number of hydrogen-bond donors (Lipinski definition) is 2. The van der Waals surface area contributed by atoms with Crippen LogP contribution in [0.1, 0.15) is 11.6 Å². The van der Waals surface area contributed by atoms with Gasteiger partial charge in [0.15, 0.2) is 6.61 Å². The van der Waals surface area contributed by atoms with Crippen molar-refractivity contribution < 1.29 is 27.9 Å². The number of nitrogens with zero attached hydrogens (tertiary/aromatic N) is 1. The van der Waals surface area contributed by atoms with E-state index in [1.54, 1.807) is 30.3 Å². The fourth-order valence-corrected chi connectivity index (χ4v) is 2.58. The van der Waals surface area contributed by atoms with E-state index in [0.717, 1.165) is 17.0 Å². The zero-order chi connectivity index (χ0) is 19.4. The minimum Gasteiger partial charge on any atom is -0.439 e. The molecule has 3 rings (SSSR count). The zero-order valence-corrected chi connectivity index (χ0v) is 13.9. The molecular weight excluding hydrogens is 360 g/mol. The van der Waals surface area contributed by atoms with E-state index in [1.165, 1.54) is 6.07 Å². The predicted molar refractivity (Wildman–Crippen MR) is 90.8 cm³/mol. The van der Waals surface area contributed by atoms with Crippen LogP contribution in [0.3, 0.4) is 0 Å². The third-order valence-electron chi connectivity index (χ3n) is 3.91. The van der Waals surface area contributed by atoms with Gasteiger partial charge in [-0.1, -0.05) is 36.4 Å². The number of imide groups is 1. The maximum Gasteiger partial charge on any atom is 0.417 e. The number of anilines is 1. The van der Waals surface area contributed by atoms with Gasteiger partial charge in [-0.25, -0.2) is 23.3 Å². The molecule has 1 heterocycles. The number of ether oxygens (including phenoxy) is 1. The van der Waals surface area contributed by atoms with Crippen LogP contribution in [-0.4, -0.2) is 36.1 Å². The summed E-state index contributed by atoms with van der Waals surface area (Å²) in [5.74, 6) is -2.40. The van der Waals surface area contributed by atoms with Gasteiger partial charge in [-0.2, -0.15) is 0 Å². The van der Waals surface area contributed by atoms with Crippen molar-refractivity contribution in [3.8, 4) is 0 Å². The van der Waals surface area contributed by atoms with Crippen LogP contribution in [0, 0.1) is 11.6 Å². The molecule has 7 nitrogen and oxygen atoms in total. The van der Waals surface area contributed by atoms with E-state index in [-0.39, 0.29) is 13.2 Å². The molecule has 1 aliphatic heterocycles. The second-order valence-electron chi connectivity index (χ2n) is 5.72. The van der Waals surface area contributed by atoms with Crippen LogP contribution in [0.25, 0.3) is 0 Å². The second-order valence-corrected chi connectivity index (χ2v) is 5.72. The summed E-state index contributed by atoms with van der Waals surface area (Å²) >= 11 is 0. The highest BCUT2D eigenvalue weighted by Gasteiger charge is 2.33. The number of carbonyl (C=O) groups is 3. The number of nitrogens with one attached hydrogen (secondary N) is 2. The SMILES string of the molecule is O=C(Nc1c(F)cccc1F)NC(CN1C(=O)COC1=O)c1ccccc1. The van der Waals surface area contributed by atoms with E-state index in [9.17, 15) is 23.2 Å². The average Bonchev–Trinajstić information content (AvgIpc) is 2.97. The molecule has 140 valence electrons. The van der Waals surface area contributed by atoms with Crippen molar-refractivity contribution in [2.45, 2.75) is 6.04 Å². The molecule has 2 aromatic rings. The Labute approximate surface area is 152 Å². The first kappa shape index (κ1) is 18.3. The molecule has 2 N–H and O–H groups in total. The van der Waals surface area contributed by atoms with Gasteiger partial charge in [-0.15, -0.1) is 0 Å². The highest BCUT2D eigenvalue weighted by atomic mass is 19.1. The van der Waals surface area contributed by atoms with Gasteiger partial charge < -0.3 is 15.4 Å². The van der Waals surface area contributed by atoms with E-state index in [0.29, 0.717) is 5.56 Å². The van der Waals surface area contributed by atoms with Crippen LogP contribution >= 0.6 is 0 Å². The summed E-state index contributed by atoms with van der Waals surface area (Å²) < 4.78 is 32.1. The van der Waals surface area contributed by atoms with Crippen molar-refractivity contribution in [3.63, 3.8) is 0 Å². The summed E-state index contributed by atoms with van der Waals surface area (Å²) in [6.45, 7) is -0.554. The predicted octanol–water partition coefficient (Wildman–Crippen LogP) is 2.81. The van der Waals surface area contributed by atoms with Crippen LogP contribution in [0.4, 0.5) is 24.1 Å². The van der Waals surface area contributed by atoms with Crippen LogP contribution in [0.2, 0.25) is 0 Å². The minimum atomic E-state index is -0.931. The van der Waals surface area contributed by atoms with Crippen molar-refractivity contribution in [1.82, 2.24) is 10.2 Å². The zero-order valence-electron chi connectivity index (χ0n) is 13.9. The summed E-state index contributed by atoms with van der Waals surface area (Å²) in [6, 6.07) is 10.0. The summed E-state index contributed by atoms with van der Waals surface area (Å²) in [6.07, 6.45) is -0.816. The second kappa shape index (κ2) is 7.81. The molecule has 1 unspecified atom stereocenters. The number of halogens is 2. The first-order chi connectivity index (χ1) is 13.0. The number of amides is 4. The van der Waals surface area contributed by atoms with Gasteiger partial charge in [0.1, 0.15) is 17.3 Å². The van der Waals surface area contributed by atoms with Gasteiger partial charge in [0.2, 0.25) is 0 Å². The fraction of sp³-hybridized carbons (Fsp3) is 0.167. The Hall–Kier alpha value is -3.49. The smallest absolute Gasteiger partial charge is 0.417 e. The lowest BCUT2D eigenvalue weighted by Crippen LogP contribution is -2.42. The van der Waals surface area contributed by atoms with Crippen molar-refractivity contribution in [1.29, 1.82) is 0 Å². The molecule has 0 bridgehead atoms. The Morgan fingerprint density at radius 1 is 1.07 bits per heavy atom. The Kier molecular flexibility index (Phi) is 5.30. The molecule has 0 radical (unpaired) electrons. The molecule has 9 heteroatoms. The van der Waals surface area contributed by atoms with Crippen LogP contribution in [0.5, 0.6) is 0 Å². The van der Waals surface area contributed by atoms with Gasteiger partial charge in [0, 0.05) is 0 Å². The number of rotatable bonds is 5. The molecule has 1 fully saturated rings. The normalized spacial score (nSPS) is 14.7. The Morgan fingerprint density at radius 3 is 2.33 bits per heavy atom. The molecule has 2 aromatic carbocycles. The highest BCUT2D eigenvalue weighted by Crippen LogP contribution is 2.20. The van der Waals surface area contributed by atoms with Crippen LogP contribution < -0.4 is 10.6 Å². The van der Waals surface area contributed by atoms with Gasteiger partial charge in [0.25, 0.3) is 5.91 Å². The molecule has 4 amide bonds. The number of cyclic esters (lactones) is 1. The van der Waals surface area contributed by atoms with Crippen LogP contribution in [0.15, 0.2) is 48.5 Å². The highest BCUT2D eigenvalue weighted by molar-refractivity contribution is 5.98. The maximum absolute atomic E-state index is 13.7. The lowest BCUT2D eigenvalue weighted by Gasteiger charge is -2.23. The molecule has 0 aliphatic carbocycles. The minimum absolute atomic E-state index is 0.186. The third kappa shape index (κ3) is 4.20. The maximum atomic E-state index is 13.7. The molecule has 1 aliphatic rings. The number of hydrogen-bond acceptors (Lipinski definition) is 4. The first-order valence-corrected chi connectivity index (χ1v) is 7.99. The number of para-hydroxylation sites is 1. The lowest BCUT2D eigenvalue weighted by atomic mass is 10.1. The summed E-state index contributed by atoms with van der Waals surface area (Å²) in [5.41, 5.74) is -0.00683. The average molecular weight is 375 g/mol. The van der Waals surface area contributed by atoms with E-state index >= 15 is 0 Å². The molecule has 1 saturated heterocycles. The largest absolute Gasteiger partial charge is 0.439 e. The Bertz CT molecular complexity index is 840. The van der Waals surface area contributed by atoms with Crippen molar-refractivity contribution in [2.75, 3.05) is 18.5 Å². The lowest BCUT2D eigenvalue weighted by molar-refractivity contribution is -0.126. The number of benzene rings is 2. The van der Waals surface area contributed by atoms with E-state index in [1.807, 2.05) is 0 Å². The molecule has 1 atom stereocenters. The van der Waals surface area contributed by atoms with Crippen molar-refractivity contribution in [2.24, 2.45) is 0 Å². The molecule has 27 heavy (non-hydrogen) atoms. The van der Waals surface area contributed by atoms with Crippen molar-refractivity contribution in [3.05, 3.63) is 65.7 Å². The standard InChI is InChI=1S/C18H15F2N3O4/c19-12-7-4-8-13(20)16(12)22-17(25)21-14(11-5-2-1-3-6-11)9-23-15(24)10-27-18(23)26/h1-8,14H,9-10H2,(H2,21,22,25). The Morgan fingerprint density at radius 2 is 1.74 bits per heavy atom. The van der Waals surface area contributed by atoms with Crippen molar-refractivity contribution >= 4 is 23.7 Å². The monoisotopic (exact) mass is 375 g/mol. The molecule has 0 saturated carbocycles. The van der Waals surface area contributed by atoms with Gasteiger partial charge in [-0.3, -0.25) is 4.79 Å². The first-order valence-electron chi connectivity index (χ1n) is 7.99. The number of urea groups is 1. The molecule has 0 aromatic heterocycles. The molecule has 0 spiro atoms.